The summed E-state index contributed by atoms with van der Waals surface area (Å²) in [6.07, 6.45) is -0.294. The number of rotatable bonds is 9. The van der Waals surface area contributed by atoms with E-state index in [9.17, 15) is 14.4 Å². The minimum Gasteiger partial charge on any atom is -0.465 e. The molecule has 0 aliphatic heterocycles. The van der Waals surface area contributed by atoms with E-state index in [1.54, 1.807) is 31.4 Å². The first-order valence-corrected chi connectivity index (χ1v) is 10.8. The molecule has 6 heteroatoms. The first kappa shape index (κ1) is 21.7. The van der Waals surface area contributed by atoms with Gasteiger partial charge in [0.05, 0.1) is 18.1 Å². The van der Waals surface area contributed by atoms with Crippen LogP contribution in [-0.4, -0.2) is 30.9 Å². The lowest BCUT2D eigenvalue weighted by Crippen LogP contribution is -2.45. The zero-order valence-electron chi connectivity index (χ0n) is 17.1. The minimum atomic E-state index is -1.75. The second kappa shape index (κ2) is 9.67. The first-order valence-electron chi connectivity index (χ1n) is 9.89. The molecule has 1 heterocycles. The summed E-state index contributed by atoms with van der Waals surface area (Å²) in [4.78, 5) is 39.8. The van der Waals surface area contributed by atoms with Crippen molar-refractivity contribution in [3.63, 3.8) is 0 Å². The standard InChI is InChI=1S/C24H24O5S/c1-3-28-22(26)24(23(27)29-4-2,16-20(25)21-13-8-14-30-21)15-18-11-7-10-17-9-5-6-12-19(17)18/h5-14H,3-4,15-16H2,1-2H3. The van der Waals surface area contributed by atoms with Crippen molar-refractivity contribution >= 4 is 39.8 Å². The molecule has 0 saturated carbocycles. The van der Waals surface area contributed by atoms with Gasteiger partial charge in [0.15, 0.2) is 11.2 Å². The highest BCUT2D eigenvalue weighted by Crippen LogP contribution is 2.35. The van der Waals surface area contributed by atoms with Crippen LogP contribution in [0.1, 0.15) is 35.5 Å². The maximum absolute atomic E-state index is 13.2. The van der Waals surface area contributed by atoms with Crippen LogP contribution < -0.4 is 0 Å². The van der Waals surface area contributed by atoms with Crippen molar-refractivity contribution in [2.75, 3.05) is 13.2 Å². The Bertz CT molecular complexity index is 1020. The molecule has 0 bridgehead atoms. The van der Waals surface area contributed by atoms with Crippen LogP contribution in [0, 0.1) is 5.41 Å². The van der Waals surface area contributed by atoms with E-state index in [1.807, 2.05) is 42.5 Å². The normalized spacial score (nSPS) is 11.3. The van der Waals surface area contributed by atoms with Gasteiger partial charge in [-0.1, -0.05) is 48.5 Å². The summed E-state index contributed by atoms with van der Waals surface area (Å²) in [5.41, 5.74) is -0.967. The molecule has 2 aromatic carbocycles. The third kappa shape index (κ3) is 4.44. The maximum atomic E-state index is 13.2. The van der Waals surface area contributed by atoms with Crippen molar-refractivity contribution in [1.29, 1.82) is 0 Å². The Morgan fingerprint density at radius 1 is 0.867 bits per heavy atom. The number of carbonyl (C=O) groups excluding carboxylic acids is 3. The zero-order valence-corrected chi connectivity index (χ0v) is 17.9. The van der Waals surface area contributed by atoms with Crippen LogP contribution in [-0.2, 0) is 25.5 Å². The number of ether oxygens (including phenoxy) is 2. The molecular formula is C24H24O5S. The number of esters is 2. The molecule has 30 heavy (non-hydrogen) atoms. The highest BCUT2D eigenvalue weighted by Gasteiger charge is 2.51. The third-order valence-corrected chi connectivity index (χ3v) is 5.87. The van der Waals surface area contributed by atoms with E-state index < -0.39 is 17.4 Å². The van der Waals surface area contributed by atoms with Gasteiger partial charge in [-0.3, -0.25) is 14.4 Å². The summed E-state index contributed by atoms with van der Waals surface area (Å²) in [6.45, 7) is 3.55. The Hall–Kier alpha value is -2.99. The van der Waals surface area contributed by atoms with Crippen LogP contribution in [0.25, 0.3) is 10.8 Å². The van der Waals surface area contributed by atoms with Crippen LogP contribution in [0.15, 0.2) is 60.0 Å². The fourth-order valence-corrected chi connectivity index (χ4v) is 4.21. The number of fused-ring (bicyclic) bond motifs is 1. The molecule has 0 aliphatic rings. The molecule has 0 unspecified atom stereocenters. The van der Waals surface area contributed by atoms with E-state index in [2.05, 4.69) is 0 Å². The molecule has 5 nitrogen and oxygen atoms in total. The highest BCUT2D eigenvalue weighted by atomic mass is 32.1. The van der Waals surface area contributed by atoms with Crippen molar-refractivity contribution in [1.82, 2.24) is 0 Å². The predicted molar refractivity (Wildman–Crippen MR) is 117 cm³/mol. The number of ketones is 1. The summed E-state index contributed by atoms with van der Waals surface area (Å²) in [7, 11) is 0. The molecule has 0 spiro atoms. The molecule has 0 saturated heterocycles. The van der Waals surface area contributed by atoms with Crippen LogP contribution in [0.5, 0.6) is 0 Å². The Balaban J connectivity index is 2.11. The predicted octanol–water partition coefficient (Wildman–Crippen LogP) is 4.83. The number of hydrogen-bond acceptors (Lipinski definition) is 6. The minimum absolute atomic E-state index is 0.0170. The Morgan fingerprint density at radius 3 is 2.17 bits per heavy atom. The van der Waals surface area contributed by atoms with Crippen molar-refractivity contribution in [2.24, 2.45) is 5.41 Å². The van der Waals surface area contributed by atoms with E-state index in [0.29, 0.717) is 4.88 Å². The van der Waals surface area contributed by atoms with Crippen molar-refractivity contribution < 1.29 is 23.9 Å². The summed E-state index contributed by atoms with van der Waals surface area (Å²) in [6, 6.07) is 16.9. The number of carbonyl (C=O) groups is 3. The molecule has 0 fully saturated rings. The second-order valence-corrected chi connectivity index (χ2v) is 7.86. The average molecular weight is 425 g/mol. The van der Waals surface area contributed by atoms with Crippen molar-refractivity contribution in [3.05, 3.63) is 70.4 Å². The van der Waals surface area contributed by atoms with E-state index in [0.717, 1.165) is 16.3 Å². The SMILES string of the molecule is CCOC(=O)C(CC(=O)c1cccs1)(Cc1cccc2ccccc12)C(=O)OCC. The second-order valence-electron chi connectivity index (χ2n) is 6.92. The lowest BCUT2D eigenvalue weighted by molar-refractivity contribution is -0.172. The molecule has 1 aromatic heterocycles. The molecule has 3 aromatic rings. The van der Waals surface area contributed by atoms with Gasteiger partial charge in [-0.05, 0) is 41.6 Å². The van der Waals surface area contributed by atoms with Gasteiger partial charge in [0.1, 0.15) is 0 Å². The molecule has 0 N–H and O–H groups in total. The number of Topliss-reactive ketones (excluding diaryl/α,β-unsaturated/α-hetero) is 1. The number of thiophene rings is 1. The first-order chi connectivity index (χ1) is 14.5. The number of benzene rings is 2. The monoisotopic (exact) mass is 424 g/mol. The smallest absolute Gasteiger partial charge is 0.324 e. The molecule has 0 radical (unpaired) electrons. The largest absolute Gasteiger partial charge is 0.465 e. The van der Waals surface area contributed by atoms with E-state index in [-0.39, 0.29) is 31.8 Å². The Kier molecular flexibility index (Phi) is 7.00. The molecule has 3 rings (SSSR count). The van der Waals surface area contributed by atoms with Gasteiger partial charge in [0, 0.05) is 12.8 Å². The fraction of sp³-hybridized carbons (Fsp3) is 0.292. The van der Waals surface area contributed by atoms with Gasteiger partial charge in [0.25, 0.3) is 0 Å². The molecular weight excluding hydrogens is 400 g/mol. The lowest BCUT2D eigenvalue weighted by atomic mass is 9.76. The van der Waals surface area contributed by atoms with Gasteiger partial charge in [-0.15, -0.1) is 11.3 Å². The fourth-order valence-electron chi connectivity index (χ4n) is 3.54. The summed E-state index contributed by atoms with van der Waals surface area (Å²) >= 11 is 1.28. The molecule has 0 amide bonds. The Labute approximate surface area is 179 Å². The number of hydrogen-bond donors (Lipinski definition) is 0. The Morgan fingerprint density at radius 2 is 1.53 bits per heavy atom. The van der Waals surface area contributed by atoms with Crippen LogP contribution in [0.3, 0.4) is 0 Å². The highest BCUT2D eigenvalue weighted by molar-refractivity contribution is 7.12. The van der Waals surface area contributed by atoms with E-state index in [4.69, 9.17) is 9.47 Å². The lowest BCUT2D eigenvalue weighted by Gasteiger charge is -2.29. The van der Waals surface area contributed by atoms with Gasteiger partial charge in [0.2, 0.25) is 0 Å². The van der Waals surface area contributed by atoms with Crippen LogP contribution >= 0.6 is 11.3 Å². The van der Waals surface area contributed by atoms with Crippen molar-refractivity contribution in [2.45, 2.75) is 26.7 Å². The van der Waals surface area contributed by atoms with Gasteiger partial charge in [-0.25, -0.2) is 0 Å². The van der Waals surface area contributed by atoms with Crippen LogP contribution in [0.2, 0.25) is 0 Å². The zero-order chi connectivity index (χ0) is 21.6. The molecule has 156 valence electrons. The topological polar surface area (TPSA) is 69.7 Å². The molecule has 0 atom stereocenters. The van der Waals surface area contributed by atoms with Gasteiger partial charge in [-0.2, -0.15) is 0 Å². The van der Waals surface area contributed by atoms with E-state index in [1.165, 1.54) is 11.3 Å². The van der Waals surface area contributed by atoms with Crippen LogP contribution in [0.4, 0.5) is 0 Å². The van der Waals surface area contributed by atoms with Gasteiger partial charge < -0.3 is 9.47 Å². The van der Waals surface area contributed by atoms with Gasteiger partial charge >= 0.3 is 11.9 Å². The van der Waals surface area contributed by atoms with Crippen molar-refractivity contribution in [3.8, 4) is 0 Å². The summed E-state index contributed by atoms with van der Waals surface area (Å²) < 4.78 is 10.6. The van der Waals surface area contributed by atoms with E-state index >= 15 is 0 Å². The average Bonchev–Trinajstić information content (AvgIpc) is 3.29. The third-order valence-electron chi connectivity index (χ3n) is 4.96. The summed E-state index contributed by atoms with van der Waals surface area (Å²) in [5, 5.41) is 3.69. The maximum Gasteiger partial charge on any atom is 0.324 e. The quantitative estimate of drug-likeness (QED) is 0.280. The molecule has 0 aliphatic carbocycles. The summed E-state index contributed by atoms with van der Waals surface area (Å²) in [5.74, 6) is -1.76.